The molecule has 1 aromatic carbocycles. The van der Waals surface area contributed by atoms with E-state index >= 15 is 0 Å². The number of ether oxygens (including phenoxy) is 2. The molecule has 0 aliphatic carbocycles. The Bertz CT molecular complexity index is 956. The van der Waals surface area contributed by atoms with Gasteiger partial charge in [0, 0.05) is 21.2 Å². The van der Waals surface area contributed by atoms with Gasteiger partial charge in [0.1, 0.15) is 18.7 Å². The number of likely N-dealkylation sites (N-methyl/N-ethyl adjacent to an activating group) is 2. The van der Waals surface area contributed by atoms with Gasteiger partial charge in [0.05, 0.1) is 18.6 Å². The molecule has 0 radical (unpaired) electrons. The van der Waals surface area contributed by atoms with Crippen LogP contribution >= 0.6 is 0 Å². The first kappa shape index (κ1) is 34.9. The van der Waals surface area contributed by atoms with Crippen LogP contribution in [0.2, 0.25) is 0 Å². The van der Waals surface area contributed by atoms with E-state index in [9.17, 15) is 24.3 Å². The van der Waals surface area contributed by atoms with E-state index in [0.717, 1.165) is 5.56 Å². The van der Waals surface area contributed by atoms with Gasteiger partial charge in [0.2, 0.25) is 11.8 Å². The van der Waals surface area contributed by atoms with Gasteiger partial charge in [0.25, 0.3) is 0 Å². The van der Waals surface area contributed by atoms with Crippen LogP contribution in [-0.4, -0.2) is 84.2 Å². The Kier molecular flexibility index (Phi) is 14.7. The molecular weight excluding hydrogens is 514 g/mol. The molecule has 0 saturated heterocycles. The summed E-state index contributed by atoms with van der Waals surface area (Å²) in [7, 11) is 4.58. The third kappa shape index (κ3) is 9.80. The van der Waals surface area contributed by atoms with E-state index in [0.29, 0.717) is 12.8 Å². The summed E-state index contributed by atoms with van der Waals surface area (Å²) in [5.74, 6) is -2.36. The molecule has 0 fully saturated rings. The third-order valence-corrected chi connectivity index (χ3v) is 7.67. The van der Waals surface area contributed by atoms with Crippen molar-refractivity contribution in [2.75, 3.05) is 21.2 Å². The van der Waals surface area contributed by atoms with Crippen molar-refractivity contribution in [3.8, 4) is 0 Å². The van der Waals surface area contributed by atoms with Crippen LogP contribution in [0.1, 0.15) is 66.4 Å². The van der Waals surface area contributed by atoms with Gasteiger partial charge in [-0.05, 0) is 23.3 Å². The number of rotatable bonds is 16. The molecule has 0 bridgehead atoms. The molecule has 226 valence electrons. The van der Waals surface area contributed by atoms with Crippen LogP contribution in [-0.2, 0) is 30.5 Å². The second-order valence-electron chi connectivity index (χ2n) is 10.9. The van der Waals surface area contributed by atoms with Crippen LogP contribution in [0, 0.1) is 17.8 Å². The first-order valence-corrected chi connectivity index (χ1v) is 14.1. The number of hydrogen-bond donors (Lipinski definition) is 2. The SMILES string of the molecule is CCC(C)[C@H](NC(=O)[C@H](C(C)C)N(C)C(=O)OCc1ccccc1)C(=O)N(C)[C@@H](C(C)CC)[C@@H](CC(=O)O)OC. The molecular formula is C30H49N3O7. The van der Waals surface area contributed by atoms with Gasteiger partial charge in [0.15, 0.2) is 0 Å². The van der Waals surface area contributed by atoms with Gasteiger partial charge in [-0.25, -0.2) is 4.79 Å². The standard InChI is InChI=1S/C30H49N3O7/c1-10-20(5)25(29(37)32(7)27(21(6)11-2)23(39-9)17-24(34)35)31-28(36)26(19(3)4)33(8)30(38)40-18-22-15-13-12-14-16-22/h12-16,19-21,23,25-27H,10-11,17-18H2,1-9H3,(H,31,36)(H,34,35)/t20?,21?,23-,25+,26+,27+/m1/s1. The van der Waals surface area contributed by atoms with Gasteiger partial charge in [-0.1, -0.05) is 84.7 Å². The highest BCUT2D eigenvalue weighted by Crippen LogP contribution is 2.24. The second kappa shape index (κ2) is 16.8. The highest BCUT2D eigenvalue weighted by molar-refractivity contribution is 5.91. The van der Waals surface area contributed by atoms with Crippen molar-refractivity contribution in [2.45, 2.75) is 91.6 Å². The third-order valence-electron chi connectivity index (χ3n) is 7.67. The van der Waals surface area contributed by atoms with Crippen LogP contribution in [0.3, 0.4) is 0 Å². The summed E-state index contributed by atoms with van der Waals surface area (Å²) in [5.41, 5.74) is 0.827. The van der Waals surface area contributed by atoms with Crippen LogP contribution in [0.25, 0.3) is 0 Å². The van der Waals surface area contributed by atoms with Crippen molar-refractivity contribution < 1.29 is 33.8 Å². The molecule has 0 saturated carbocycles. The van der Waals surface area contributed by atoms with Gasteiger partial charge < -0.3 is 24.8 Å². The molecule has 1 rings (SSSR count). The van der Waals surface area contributed by atoms with Crippen LogP contribution in [0.5, 0.6) is 0 Å². The number of carbonyl (C=O) groups is 4. The smallest absolute Gasteiger partial charge is 0.410 e. The average molecular weight is 564 g/mol. The molecule has 2 unspecified atom stereocenters. The van der Waals surface area contributed by atoms with Crippen LogP contribution in [0.15, 0.2) is 30.3 Å². The molecule has 0 spiro atoms. The molecule has 0 aliphatic rings. The number of benzene rings is 1. The molecule has 40 heavy (non-hydrogen) atoms. The van der Waals surface area contributed by atoms with E-state index < -0.39 is 42.2 Å². The molecule has 1 aromatic rings. The Balaban J connectivity index is 3.19. The number of nitrogens with one attached hydrogen (secondary N) is 1. The number of carboxylic acid groups (broad SMARTS) is 1. The fraction of sp³-hybridized carbons (Fsp3) is 0.667. The zero-order chi connectivity index (χ0) is 30.6. The molecule has 2 N–H and O–H groups in total. The quantitative estimate of drug-likeness (QED) is 0.309. The van der Waals surface area contributed by atoms with Crippen molar-refractivity contribution in [2.24, 2.45) is 17.8 Å². The molecule has 6 atom stereocenters. The van der Waals surface area contributed by atoms with Gasteiger partial charge >= 0.3 is 12.1 Å². The Labute approximate surface area is 239 Å². The lowest BCUT2D eigenvalue weighted by atomic mass is 9.89. The Morgan fingerprint density at radius 2 is 1.50 bits per heavy atom. The highest BCUT2D eigenvalue weighted by atomic mass is 16.6. The predicted octanol–water partition coefficient (Wildman–Crippen LogP) is 4.17. The fourth-order valence-corrected chi connectivity index (χ4v) is 4.90. The zero-order valence-electron chi connectivity index (χ0n) is 25.5. The van der Waals surface area contributed by atoms with E-state index in [1.807, 2.05) is 71.9 Å². The van der Waals surface area contributed by atoms with Crippen molar-refractivity contribution >= 4 is 23.9 Å². The minimum Gasteiger partial charge on any atom is -0.481 e. The van der Waals surface area contributed by atoms with Crippen molar-refractivity contribution in [3.63, 3.8) is 0 Å². The van der Waals surface area contributed by atoms with E-state index in [-0.39, 0.29) is 36.7 Å². The maximum atomic E-state index is 13.9. The minimum absolute atomic E-state index is 0.0551. The summed E-state index contributed by atoms with van der Waals surface area (Å²) < 4.78 is 11.0. The molecule has 0 aliphatic heterocycles. The average Bonchev–Trinajstić information content (AvgIpc) is 2.93. The summed E-state index contributed by atoms with van der Waals surface area (Å²) >= 11 is 0. The number of nitrogens with zero attached hydrogens (tertiary/aromatic N) is 2. The molecule has 0 aromatic heterocycles. The lowest BCUT2D eigenvalue weighted by Gasteiger charge is -2.40. The number of carbonyl (C=O) groups excluding carboxylic acids is 3. The summed E-state index contributed by atoms with van der Waals surface area (Å²) in [6.45, 7) is 11.4. The van der Waals surface area contributed by atoms with E-state index in [1.165, 1.54) is 24.0 Å². The number of methoxy groups -OCH3 is 1. The number of amides is 3. The Hall–Kier alpha value is -3.14. The maximum absolute atomic E-state index is 13.9. The first-order chi connectivity index (χ1) is 18.8. The summed E-state index contributed by atoms with van der Waals surface area (Å²) in [6.07, 6.45) is -0.302. The van der Waals surface area contributed by atoms with E-state index in [1.54, 1.807) is 7.05 Å². The Morgan fingerprint density at radius 1 is 0.925 bits per heavy atom. The summed E-state index contributed by atoms with van der Waals surface area (Å²) in [5, 5.41) is 12.3. The fourth-order valence-electron chi connectivity index (χ4n) is 4.90. The predicted molar refractivity (Wildman–Crippen MR) is 153 cm³/mol. The largest absolute Gasteiger partial charge is 0.481 e. The van der Waals surface area contributed by atoms with E-state index in [4.69, 9.17) is 9.47 Å². The molecule has 0 heterocycles. The second-order valence-corrected chi connectivity index (χ2v) is 10.9. The van der Waals surface area contributed by atoms with Crippen molar-refractivity contribution in [3.05, 3.63) is 35.9 Å². The zero-order valence-corrected chi connectivity index (χ0v) is 25.5. The lowest BCUT2D eigenvalue weighted by Crippen LogP contribution is -2.60. The van der Waals surface area contributed by atoms with Crippen LogP contribution < -0.4 is 5.32 Å². The highest BCUT2D eigenvalue weighted by Gasteiger charge is 2.40. The van der Waals surface area contributed by atoms with Gasteiger partial charge in [-0.2, -0.15) is 0 Å². The van der Waals surface area contributed by atoms with Gasteiger partial charge in [-0.15, -0.1) is 0 Å². The number of aliphatic carboxylic acids is 1. The first-order valence-electron chi connectivity index (χ1n) is 14.1. The topological polar surface area (TPSA) is 125 Å². The van der Waals surface area contributed by atoms with Crippen LogP contribution in [0.4, 0.5) is 4.79 Å². The molecule has 3 amide bonds. The van der Waals surface area contributed by atoms with Crippen molar-refractivity contribution in [1.29, 1.82) is 0 Å². The summed E-state index contributed by atoms with van der Waals surface area (Å²) in [4.78, 5) is 54.7. The maximum Gasteiger partial charge on any atom is 0.410 e. The normalized spacial score (nSPS) is 15.8. The van der Waals surface area contributed by atoms with Gasteiger partial charge in [-0.3, -0.25) is 19.3 Å². The molecule has 10 nitrogen and oxygen atoms in total. The molecule has 10 heteroatoms. The Morgan fingerprint density at radius 3 is 1.98 bits per heavy atom. The van der Waals surface area contributed by atoms with Crippen molar-refractivity contribution in [1.82, 2.24) is 15.1 Å². The van der Waals surface area contributed by atoms with E-state index in [2.05, 4.69) is 5.32 Å². The monoisotopic (exact) mass is 563 g/mol. The summed E-state index contributed by atoms with van der Waals surface area (Å²) in [6, 6.07) is 6.98. The number of hydrogen-bond acceptors (Lipinski definition) is 6. The lowest BCUT2D eigenvalue weighted by molar-refractivity contribution is -0.148. The minimum atomic E-state index is -1.02. The number of carboxylic acids is 1.